The highest BCUT2D eigenvalue weighted by atomic mass is 79.9. The minimum atomic E-state index is -0.862. The number of nitrogens with two attached hydrogens (primary N) is 1. The Morgan fingerprint density at radius 2 is 2.35 bits per heavy atom. The fraction of sp³-hybridized carbons (Fsp3) is 0.385. The largest absolute Gasteiger partial charge is 0.442 e. The van der Waals surface area contributed by atoms with Gasteiger partial charge in [0.05, 0.1) is 23.7 Å². The fourth-order valence-electron chi connectivity index (χ4n) is 2.38. The van der Waals surface area contributed by atoms with Crippen LogP contribution >= 0.6 is 15.9 Å². The molecule has 1 aliphatic heterocycles. The Kier molecular flexibility index (Phi) is 4.18. The van der Waals surface area contributed by atoms with Crippen LogP contribution < -0.4 is 16.6 Å². The van der Waals surface area contributed by atoms with Crippen LogP contribution in [0, 0.1) is 0 Å². The van der Waals surface area contributed by atoms with Crippen molar-refractivity contribution in [3.8, 4) is 0 Å². The number of pyridine rings is 1. The van der Waals surface area contributed by atoms with Crippen LogP contribution in [0.25, 0.3) is 11.0 Å². The molecule has 122 valence electrons. The number of ether oxygens (including phenoxy) is 2. The van der Waals surface area contributed by atoms with Crippen LogP contribution in [0.1, 0.15) is 0 Å². The molecular formula is C13H14BrN5O4. The van der Waals surface area contributed by atoms with Gasteiger partial charge in [-0.25, -0.2) is 9.78 Å². The summed E-state index contributed by atoms with van der Waals surface area (Å²) >= 11 is 3.21. The number of carbonyl (C=O) groups excluding carboxylic acids is 1. The van der Waals surface area contributed by atoms with Crippen molar-refractivity contribution in [3.05, 3.63) is 27.1 Å². The molecule has 3 N–H and O–H groups in total. The van der Waals surface area contributed by atoms with Crippen molar-refractivity contribution >= 4 is 39.0 Å². The van der Waals surface area contributed by atoms with E-state index in [1.54, 1.807) is 19.3 Å². The number of hydrogen-bond donors (Lipinski definition) is 2. The van der Waals surface area contributed by atoms with E-state index in [2.05, 4.69) is 31.2 Å². The molecule has 2 atom stereocenters. The second-order valence-electron chi connectivity index (χ2n) is 5.09. The van der Waals surface area contributed by atoms with Crippen LogP contribution in [0.15, 0.2) is 21.5 Å². The zero-order chi connectivity index (χ0) is 16.6. The number of nitrogens with one attached hydrogen (secondary N) is 1. The van der Waals surface area contributed by atoms with E-state index < -0.39 is 12.2 Å². The number of aryl methyl sites for hydroxylation is 1. The van der Waals surface area contributed by atoms with Crippen molar-refractivity contribution in [2.75, 3.05) is 18.5 Å². The number of primary amides is 1. The van der Waals surface area contributed by atoms with Crippen LogP contribution in [0.5, 0.6) is 0 Å². The van der Waals surface area contributed by atoms with E-state index in [0.29, 0.717) is 22.7 Å². The molecule has 0 spiro atoms. The Hall–Kier alpha value is -2.20. The zero-order valence-electron chi connectivity index (χ0n) is 12.2. The minimum Gasteiger partial charge on any atom is -0.442 e. The van der Waals surface area contributed by atoms with E-state index in [0.717, 1.165) is 5.39 Å². The number of aromatic nitrogens is 3. The molecule has 0 bridgehead atoms. The molecule has 0 aliphatic carbocycles. The number of anilines is 1. The summed E-state index contributed by atoms with van der Waals surface area (Å²) in [4.78, 5) is 31.4. The van der Waals surface area contributed by atoms with Gasteiger partial charge >= 0.3 is 6.09 Å². The maximum absolute atomic E-state index is 12.0. The highest BCUT2D eigenvalue weighted by Crippen LogP contribution is 2.18. The Bertz CT molecular complexity index is 824. The second-order valence-corrected chi connectivity index (χ2v) is 5.95. The first-order valence-corrected chi connectivity index (χ1v) is 7.57. The summed E-state index contributed by atoms with van der Waals surface area (Å²) < 4.78 is 12.1. The van der Waals surface area contributed by atoms with Gasteiger partial charge < -0.3 is 20.5 Å². The first-order chi connectivity index (χ1) is 11.0. The van der Waals surface area contributed by atoms with Gasteiger partial charge in [-0.15, -0.1) is 0 Å². The van der Waals surface area contributed by atoms with Crippen LogP contribution in [-0.2, 0) is 16.5 Å². The second kappa shape index (κ2) is 6.13. The first kappa shape index (κ1) is 15.7. The minimum absolute atomic E-state index is 0.193. The molecule has 2 aromatic rings. The van der Waals surface area contributed by atoms with Gasteiger partial charge in [0.2, 0.25) is 5.95 Å². The van der Waals surface area contributed by atoms with Crippen LogP contribution in [0.2, 0.25) is 0 Å². The standard InChI is InChI=1S/C13H14BrN5O4/c1-19-10-6(2-7(14)11(19)20)3-16-13(18-10)17-8-4-22-5-9(8)23-12(15)21/h2-3,8-9H,4-5H2,1H3,(H2,15,21)(H,16,17,18)/t8-,9-/m0/s1. The Labute approximate surface area is 138 Å². The van der Waals surface area contributed by atoms with Gasteiger partial charge in [-0.2, -0.15) is 4.98 Å². The topological polar surface area (TPSA) is 121 Å². The van der Waals surface area contributed by atoms with Crippen LogP contribution in [0.4, 0.5) is 10.7 Å². The lowest BCUT2D eigenvalue weighted by molar-refractivity contribution is 0.0880. The SMILES string of the molecule is Cn1c(=O)c(Br)cc2cnc(N[C@H]3COC[C@@H]3OC(N)=O)nc21. The number of hydrogen-bond acceptors (Lipinski definition) is 7. The molecule has 0 aromatic carbocycles. The Morgan fingerprint density at radius 3 is 3.09 bits per heavy atom. The summed E-state index contributed by atoms with van der Waals surface area (Å²) in [5.41, 5.74) is 5.33. The van der Waals surface area contributed by atoms with E-state index >= 15 is 0 Å². The highest BCUT2D eigenvalue weighted by molar-refractivity contribution is 9.10. The van der Waals surface area contributed by atoms with Gasteiger partial charge in [0, 0.05) is 18.6 Å². The molecule has 1 fully saturated rings. The van der Waals surface area contributed by atoms with E-state index in [9.17, 15) is 9.59 Å². The van der Waals surface area contributed by atoms with Gasteiger partial charge in [-0.05, 0) is 22.0 Å². The summed E-state index contributed by atoms with van der Waals surface area (Å²) in [5.74, 6) is 0.309. The van der Waals surface area contributed by atoms with Crippen LogP contribution in [0.3, 0.4) is 0 Å². The average Bonchev–Trinajstić information content (AvgIpc) is 2.92. The third-order valence-corrected chi connectivity index (χ3v) is 4.08. The van der Waals surface area contributed by atoms with Crippen molar-refractivity contribution in [1.82, 2.24) is 14.5 Å². The molecule has 9 nitrogen and oxygen atoms in total. The molecule has 1 saturated heterocycles. The summed E-state index contributed by atoms with van der Waals surface area (Å²) in [5, 5.41) is 3.76. The number of nitrogens with zero attached hydrogens (tertiary/aromatic N) is 3. The monoisotopic (exact) mass is 383 g/mol. The van der Waals surface area contributed by atoms with Gasteiger partial charge in [-0.1, -0.05) is 0 Å². The molecule has 3 heterocycles. The third kappa shape index (κ3) is 3.13. The third-order valence-electron chi connectivity index (χ3n) is 3.52. The number of fused-ring (bicyclic) bond motifs is 1. The smallest absolute Gasteiger partial charge is 0.404 e. The lowest BCUT2D eigenvalue weighted by atomic mass is 10.2. The summed E-state index contributed by atoms with van der Waals surface area (Å²) in [6, 6.07) is 1.35. The van der Waals surface area contributed by atoms with E-state index in [1.807, 2.05) is 0 Å². The lowest BCUT2D eigenvalue weighted by Crippen LogP contribution is -2.37. The predicted octanol–water partition coefficient (Wildman–Crippen LogP) is 0.366. The number of amides is 1. The molecule has 10 heteroatoms. The molecule has 0 saturated carbocycles. The maximum Gasteiger partial charge on any atom is 0.404 e. The van der Waals surface area contributed by atoms with Crippen molar-refractivity contribution < 1.29 is 14.3 Å². The number of rotatable bonds is 3. The number of carbonyl (C=O) groups is 1. The molecule has 23 heavy (non-hydrogen) atoms. The van der Waals surface area contributed by atoms with Crippen molar-refractivity contribution in [2.24, 2.45) is 12.8 Å². The van der Waals surface area contributed by atoms with Crippen molar-refractivity contribution in [2.45, 2.75) is 12.1 Å². The molecule has 3 rings (SSSR count). The Balaban J connectivity index is 1.89. The lowest BCUT2D eigenvalue weighted by Gasteiger charge is -2.18. The van der Waals surface area contributed by atoms with Gasteiger partial charge in [0.1, 0.15) is 11.8 Å². The summed E-state index contributed by atoms with van der Waals surface area (Å²) in [7, 11) is 1.63. The van der Waals surface area contributed by atoms with Gasteiger partial charge in [-0.3, -0.25) is 9.36 Å². The van der Waals surface area contributed by atoms with Gasteiger partial charge in [0.25, 0.3) is 5.56 Å². The summed E-state index contributed by atoms with van der Waals surface area (Å²) in [6.45, 7) is 0.582. The van der Waals surface area contributed by atoms with Crippen LogP contribution in [-0.4, -0.2) is 46.0 Å². The van der Waals surface area contributed by atoms with Crippen molar-refractivity contribution in [1.29, 1.82) is 0 Å². The van der Waals surface area contributed by atoms with E-state index in [4.69, 9.17) is 15.2 Å². The van der Waals surface area contributed by atoms with E-state index in [1.165, 1.54) is 4.57 Å². The molecule has 1 aliphatic rings. The Morgan fingerprint density at radius 1 is 1.57 bits per heavy atom. The van der Waals surface area contributed by atoms with Crippen molar-refractivity contribution in [3.63, 3.8) is 0 Å². The average molecular weight is 384 g/mol. The molecule has 1 amide bonds. The quantitative estimate of drug-likeness (QED) is 0.784. The fourth-order valence-corrected chi connectivity index (χ4v) is 2.89. The molecular weight excluding hydrogens is 370 g/mol. The summed E-state index contributed by atoms with van der Waals surface area (Å²) in [6.07, 6.45) is 0.230. The zero-order valence-corrected chi connectivity index (χ0v) is 13.7. The predicted molar refractivity (Wildman–Crippen MR) is 85.2 cm³/mol. The first-order valence-electron chi connectivity index (χ1n) is 6.78. The van der Waals surface area contributed by atoms with Gasteiger partial charge in [0.15, 0.2) is 0 Å². The molecule has 2 aromatic heterocycles. The number of halogens is 1. The molecule has 0 radical (unpaired) electrons. The normalized spacial score (nSPS) is 20.6. The maximum atomic E-state index is 12.0. The van der Waals surface area contributed by atoms with E-state index in [-0.39, 0.29) is 18.2 Å². The highest BCUT2D eigenvalue weighted by Gasteiger charge is 2.31. The molecule has 0 unspecified atom stereocenters.